The van der Waals surface area contributed by atoms with Gasteiger partial charge in [-0.25, -0.2) is 8.78 Å². The number of hydrogen-bond acceptors (Lipinski definition) is 1. The largest absolute Gasteiger partial charge is 0.324 e. The maximum atomic E-state index is 13.1. The molecule has 0 radical (unpaired) electrons. The van der Waals surface area contributed by atoms with Crippen molar-refractivity contribution in [1.82, 2.24) is 0 Å². The van der Waals surface area contributed by atoms with Crippen molar-refractivity contribution < 1.29 is 8.78 Å². The van der Waals surface area contributed by atoms with Crippen molar-refractivity contribution in [3.05, 3.63) is 70.8 Å². The minimum atomic E-state index is -0.582. The highest BCUT2D eigenvalue weighted by Gasteiger charge is 2.10. The zero-order valence-corrected chi connectivity index (χ0v) is 10.9. The molecular formula is C16H17F2N. The predicted octanol–water partition coefficient (Wildman–Crippen LogP) is 3.91. The molecule has 0 aliphatic carbocycles. The number of benzene rings is 2. The fraction of sp³-hybridized carbons (Fsp3) is 0.250. The zero-order valence-electron chi connectivity index (χ0n) is 10.9. The Kier molecular flexibility index (Phi) is 4.27. The Morgan fingerprint density at radius 2 is 1.68 bits per heavy atom. The molecule has 0 saturated carbocycles. The molecule has 2 rings (SSSR count). The van der Waals surface area contributed by atoms with Crippen LogP contribution in [0.5, 0.6) is 0 Å². The van der Waals surface area contributed by atoms with Gasteiger partial charge < -0.3 is 5.73 Å². The molecule has 0 aromatic heterocycles. The summed E-state index contributed by atoms with van der Waals surface area (Å²) in [7, 11) is 0. The average Bonchev–Trinajstić information content (AvgIpc) is 2.36. The second-order valence-electron chi connectivity index (χ2n) is 4.77. The van der Waals surface area contributed by atoms with E-state index in [1.165, 1.54) is 23.3 Å². The van der Waals surface area contributed by atoms with Crippen LogP contribution < -0.4 is 5.73 Å². The van der Waals surface area contributed by atoms with Crippen molar-refractivity contribution >= 4 is 0 Å². The Bertz CT molecular complexity index is 546. The van der Waals surface area contributed by atoms with E-state index in [0.29, 0.717) is 12.0 Å². The lowest BCUT2D eigenvalue weighted by atomic mass is 9.97. The molecule has 0 heterocycles. The number of halogens is 2. The number of hydrogen-bond donors (Lipinski definition) is 1. The first-order chi connectivity index (χ1) is 9.06. The summed E-state index contributed by atoms with van der Waals surface area (Å²) in [5.74, 6) is -1.16. The Morgan fingerprint density at radius 3 is 2.32 bits per heavy atom. The molecule has 19 heavy (non-hydrogen) atoms. The molecule has 1 atom stereocenters. The van der Waals surface area contributed by atoms with Gasteiger partial charge in [0.15, 0.2) is 0 Å². The van der Waals surface area contributed by atoms with Gasteiger partial charge in [0.25, 0.3) is 0 Å². The van der Waals surface area contributed by atoms with Crippen molar-refractivity contribution in [2.45, 2.75) is 25.8 Å². The van der Waals surface area contributed by atoms with E-state index in [4.69, 9.17) is 5.73 Å². The molecule has 100 valence electrons. The van der Waals surface area contributed by atoms with Gasteiger partial charge in [0.2, 0.25) is 0 Å². The van der Waals surface area contributed by atoms with Crippen LogP contribution in [-0.4, -0.2) is 0 Å². The molecule has 3 heteroatoms. The standard InChI is InChI=1S/C16H17F2N/c1-11-4-2-3-5-12(11)6-7-16(19)13-8-14(17)10-15(18)9-13/h2-5,8-10,16H,6-7,19H2,1H3. The van der Waals surface area contributed by atoms with Gasteiger partial charge in [-0.1, -0.05) is 24.3 Å². The van der Waals surface area contributed by atoms with E-state index >= 15 is 0 Å². The monoisotopic (exact) mass is 261 g/mol. The third kappa shape index (κ3) is 3.61. The summed E-state index contributed by atoms with van der Waals surface area (Å²) >= 11 is 0. The van der Waals surface area contributed by atoms with Gasteiger partial charge in [-0.05, 0) is 48.6 Å². The van der Waals surface area contributed by atoms with Gasteiger partial charge >= 0.3 is 0 Å². The van der Waals surface area contributed by atoms with Crippen molar-refractivity contribution in [2.24, 2.45) is 5.73 Å². The molecule has 0 fully saturated rings. The molecule has 1 unspecified atom stereocenters. The first-order valence-corrected chi connectivity index (χ1v) is 6.32. The first kappa shape index (κ1) is 13.7. The van der Waals surface area contributed by atoms with Crippen molar-refractivity contribution in [3.63, 3.8) is 0 Å². The second kappa shape index (κ2) is 5.93. The van der Waals surface area contributed by atoms with Crippen LogP contribution in [-0.2, 0) is 6.42 Å². The van der Waals surface area contributed by atoms with Crippen LogP contribution in [0.25, 0.3) is 0 Å². The Labute approximate surface area is 112 Å². The van der Waals surface area contributed by atoms with E-state index in [0.717, 1.165) is 12.5 Å². The van der Waals surface area contributed by atoms with Gasteiger partial charge in [-0.3, -0.25) is 0 Å². The second-order valence-corrected chi connectivity index (χ2v) is 4.77. The highest BCUT2D eigenvalue weighted by atomic mass is 19.1. The fourth-order valence-corrected chi connectivity index (χ4v) is 2.16. The molecule has 2 aromatic rings. The summed E-state index contributed by atoms with van der Waals surface area (Å²) < 4.78 is 26.2. The van der Waals surface area contributed by atoms with E-state index < -0.39 is 11.6 Å². The quantitative estimate of drug-likeness (QED) is 0.887. The predicted molar refractivity (Wildman–Crippen MR) is 72.8 cm³/mol. The van der Waals surface area contributed by atoms with Crippen LogP contribution >= 0.6 is 0 Å². The zero-order chi connectivity index (χ0) is 13.8. The summed E-state index contributed by atoms with van der Waals surface area (Å²) in [4.78, 5) is 0. The minimum absolute atomic E-state index is 0.357. The van der Waals surface area contributed by atoms with Gasteiger partial charge in [0.1, 0.15) is 11.6 Å². The van der Waals surface area contributed by atoms with Crippen LogP contribution in [0.4, 0.5) is 8.78 Å². The summed E-state index contributed by atoms with van der Waals surface area (Å²) in [6.07, 6.45) is 1.46. The summed E-state index contributed by atoms with van der Waals surface area (Å²) in [6, 6.07) is 11.2. The lowest BCUT2D eigenvalue weighted by Crippen LogP contribution is -2.12. The number of rotatable bonds is 4. The van der Waals surface area contributed by atoms with Gasteiger partial charge in [-0.2, -0.15) is 0 Å². The molecule has 2 aromatic carbocycles. The van der Waals surface area contributed by atoms with Crippen LogP contribution in [0.2, 0.25) is 0 Å². The summed E-state index contributed by atoms with van der Waals surface area (Å²) in [5.41, 5.74) is 8.93. The molecule has 0 aliphatic rings. The van der Waals surface area contributed by atoms with Crippen molar-refractivity contribution in [2.75, 3.05) is 0 Å². The average molecular weight is 261 g/mol. The third-order valence-electron chi connectivity index (χ3n) is 3.30. The smallest absolute Gasteiger partial charge is 0.126 e. The van der Waals surface area contributed by atoms with Gasteiger partial charge in [0, 0.05) is 12.1 Å². The minimum Gasteiger partial charge on any atom is -0.324 e. The maximum absolute atomic E-state index is 13.1. The fourth-order valence-electron chi connectivity index (χ4n) is 2.16. The first-order valence-electron chi connectivity index (χ1n) is 6.32. The molecule has 2 N–H and O–H groups in total. The normalized spacial score (nSPS) is 12.4. The molecule has 0 saturated heterocycles. The van der Waals surface area contributed by atoms with Crippen LogP contribution in [0.15, 0.2) is 42.5 Å². The SMILES string of the molecule is Cc1ccccc1CCC(N)c1cc(F)cc(F)c1. The van der Waals surface area contributed by atoms with Crippen LogP contribution in [0.1, 0.15) is 29.2 Å². The Balaban J connectivity index is 2.05. The highest BCUT2D eigenvalue weighted by molar-refractivity contribution is 5.26. The molecular weight excluding hydrogens is 244 g/mol. The summed E-state index contributed by atoms with van der Waals surface area (Å²) in [5, 5.41) is 0. The molecule has 0 spiro atoms. The third-order valence-corrected chi connectivity index (χ3v) is 3.30. The lowest BCUT2D eigenvalue weighted by molar-refractivity contribution is 0.567. The lowest BCUT2D eigenvalue weighted by Gasteiger charge is -2.13. The molecule has 1 nitrogen and oxygen atoms in total. The Hall–Kier alpha value is -1.74. The number of aryl methyl sites for hydroxylation is 2. The molecule has 0 amide bonds. The molecule has 0 aliphatic heterocycles. The van der Waals surface area contributed by atoms with E-state index in [-0.39, 0.29) is 6.04 Å². The topological polar surface area (TPSA) is 26.0 Å². The van der Waals surface area contributed by atoms with E-state index in [1.54, 1.807) is 0 Å². The van der Waals surface area contributed by atoms with Gasteiger partial charge in [0.05, 0.1) is 0 Å². The maximum Gasteiger partial charge on any atom is 0.126 e. The van der Waals surface area contributed by atoms with Crippen molar-refractivity contribution in [3.8, 4) is 0 Å². The van der Waals surface area contributed by atoms with Gasteiger partial charge in [-0.15, -0.1) is 0 Å². The Morgan fingerprint density at radius 1 is 1.05 bits per heavy atom. The van der Waals surface area contributed by atoms with Crippen molar-refractivity contribution in [1.29, 1.82) is 0 Å². The van der Waals surface area contributed by atoms with Crippen LogP contribution in [0.3, 0.4) is 0 Å². The van der Waals surface area contributed by atoms with E-state index in [9.17, 15) is 8.78 Å². The summed E-state index contributed by atoms with van der Waals surface area (Å²) in [6.45, 7) is 2.04. The van der Waals surface area contributed by atoms with Crippen LogP contribution in [0, 0.1) is 18.6 Å². The van der Waals surface area contributed by atoms with E-state index in [1.807, 2.05) is 31.2 Å². The van der Waals surface area contributed by atoms with E-state index in [2.05, 4.69) is 0 Å². The highest BCUT2D eigenvalue weighted by Crippen LogP contribution is 2.20. The molecule has 0 bridgehead atoms. The number of nitrogens with two attached hydrogens (primary N) is 1.